The third-order valence-electron chi connectivity index (χ3n) is 5.42. The van der Waals surface area contributed by atoms with Crippen LogP contribution in [0.4, 0.5) is 0 Å². The number of nitrogens with zero attached hydrogens (tertiary/aromatic N) is 1. The zero-order chi connectivity index (χ0) is 25.8. The van der Waals surface area contributed by atoms with Crippen molar-refractivity contribution in [2.45, 2.75) is 50.8 Å². The van der Waals surface area contributed by atoms with E-state index in [0.29, 0.717) is 29.2 Å². The van der Waals surface area contributed by atoms with Gasteiger partial charge in [0, 0.05) is 4.90 Å². The monoisotopic (exact) mass is 503 g/mol. The first-order valence-corrected chi connectivity index (χ1v) is 12.8. The molecule has 6 nitrogen and oxygen atoms in total. The van der Waals surface area contributed by atoms with Crippen LogP contribution in [0.25, 0.3) is 0 Å². The number of carbonyl (C=O) groups excluding carboxylic acids is 2. The fourth-order valence-electron chi connectivity index (χ4n) is 3.42. The number of esters is 2. The molecule has 0 unspecified atom stereocenters. The minimum absolute atomic E-state index is 0.302. The summed E-state index contributed by atoms with van der Waals surface area (Å²) in [6.45, 7) is 4.70. The quantitative estimate of drug-likeness (QED) is 0.0839. The fourth-order valence-corrected chi connectivity index (χ4v) is 3.88. The first kappa shape index (κ1) is 26.8. The molecule has 0 radical (unpaired) electrons. The van der Waals surface area contributed by atoms with Gasteiger partial charge >= 0.3 is 11.9 Å². The molecule has 0 amide bonds. The van der Waals surface area contributed by atoms with Gasteiger partial charge in [-0.05, 0) is 97.4 Å². The Morgan fingerprint density at radius 3 is 1.92 bits per heavy atom. The standard InChI is InChI=1S/C29H29NO5S/c1-3-4-5-6-7-18-33-24-12-14-25(15-13-24)34-28(31)22-8-10-23(11-9-22)29(32)35-26-16-17-27(36-20-30)21(2)19-26/h8-17,19H,3-7,18H2,1-2H3. The zero-order valence-electron chi connectivity index (χ0n) is 20.5. The fraction of sp³-hybridized carbons (Fsp3) is 0.276. The summed E-state index contributed by atoms with van der Waals surface area (Å²) in [5.41, 5.74) is 1.45. The number of aryl methyl sites for hydroxylation is 1. The maximum Gasteiger partial charge on any atom is 0.343 e. The van der Waals surface area contributed by atoms with Crippen molar-refractivity contribution in [1.29, 1.82) is 5.26 Å². The molecule has 0 fully saturated rings. The summed E-state index contributed by atoms with van der Waals surface area (Å²) >= 11 is 1.05. The van der Waals surface area contributed by atoms with Crippen molar-refractivity contribution >= 4 is 23.7 Å². The highest BCUT2D eigenvalue weighted by Crippen LogP contribution is 2.26. The predicted molar refractivity (Wildman–Crippen MR) is 140 cm³/mol. The Kier molecular flexibility index (Phi) is 10.4. The average Bonchev–Trinajstić information content (AvgIpc) is 2.89. The molecule has 0 saturated heterocycles. The van der Waals surface area contributed by atoms with E-state index in [1.165, 1.54) is 43.5 Å². The van der Waals surface area contributed by atoms with E-state index in [9.17, 15) is 9.59 Å². The van der Waals surface area contributed by atoms with Gasteiger partial charge < -0.3 is 14.2 Å². The highest BCUT2D eigenvalue weighted by atomic mass is 32.2. The van der Waals surface area contributed by atoms with Gasteiger partial charge in [-0.1, -0.05) is 32.6 Å². The number of hydrogen-bond donors (Lipinski definition) is 0. The van der Waals surface area contributed by atoms with Crippen LogP contribution in [0.3, 0.4) is 0 Å². The SMILES string of the molecule is CCCCCCCOc1ccc(OC(=O)c2ccc(C(=O)Oc3ccc(SC#N)c(C)c3)cc2)cc1. The lowest BCUT2D eigenvalue weighted by Crippen LogP contribution is -2.11. The number of ether oxygens (including phenoxy) is 3. The summed E-state index contributed by atoms with van der Waals surface area (Å²) in [6, 6.07) is 18.1. The van der Waals surface area contributed by atoms with Crippen molar-refractivity contribution in [2.75, 3.05) is 6.61 Å². The minimum atomic E-state index is -0.545. The Labute approximate surface area is 216 Å². The first-order chi connectivity index (χ1) is 17.5. The van der Waals surface area contributed by atoms with E-state index in [1.54, 1.807) is 42.5 Å². The molecule has 0 atom stereocenters. The summed E-state index contributed by atoms with van der Waals surface area (Å²) in [6.07, 6.45) is 5.89. The normalized spacial score (nSPS) is 10.4. The summed E-state index contributed by atoms with van der Waals surface area (Å²) in [4.78, 5) is 25.8. The number of hydrogen-bond acceptors (Lipinski definition) is 7. The van der Waals surface area contributed by atoms with E-state index < -0.39 is 11.9 Å². The van der Waals surface area contributed by atoms with Gasteiger partial charge in [-0.15, -0.1) is 0 Å². The lowest BCUT2D eigenvalue weighted by atomic mass is 10.1. The van der Waals surface area contributed by atoms with Crippen molar-refractivity contribution in [3.63, 3.8) is 0 Å². The van der Waals surface area contributed by atoms with Gasteiger partial charge in [0.25, 0.3) is 0 Å². The number of carbonyl (C=O) groups is 2. The topological polar surface area (TPSA) is 85.6 Å². The van der Waals surface area contributed by atoms with E-state index >= 15 is 0 Å². The lowest BCUT2D eigenvalue weighted by molar-refractivity contribution is 0.0720. The van der Waals surface area contributed by atoms with Gasteiger partial charge in [0.05, 0.1) is 17.7 Å². The van der Waals surface area contributed by atoms with E-state index in [1.807, 2.05) is 12.3 Å². The molecular weight excluding hydrogens is 474 g/mol. The summed E-state index contributed by atoms with van der Waals surface area (Å²) < 4.78 is 16.6. The van der Waals surface area contributed by atoms with Crippen LogP contribution < -0.4 is 14.2 Å². The molecule has 3 aromatic carbocycles. The van der Waals surface area contributed by atoms with Crippen molar-refractivity contribution in [2.24, 2.45) is 0 Å². The van der Waals surface area contributed by atoms with Crippen LogP contribution >= 0.6 is 11.8 Å². The molecule has 7 heteroatoms. The third-order valence-corrected chi connectivity index (χ3v) is 6.19. The van der Waals surface area contributed by atoms with Crippen molar-refractivity contribution in [3.8, 4) is 22.6 Å². The van der Waals surface area contributed by atoms with Gasteiger partial charge in [0.15, 0.2) is 0 Å². The maximum absolute atomic E-state index is 12.5. The molecular formula is C29H29NO5S. The molecule has 3 rings (SSSR count). The Balaban J connectivity index is 1.50. The third kappa shape index (κ3) is 8.17. The number of thiocyanates is 1. The second-order valence-electron chi connectivity index (χ2n) is 8.21. The number of thioether (sulfide) groups is 1. The highest BCUT2D eigenvalue weighted by Gasteiger charge is 2.13. The average molecular weight is 504 g/mol. The number of rotatable bonds is 12. The summed E-state index contributed by atoms with van der Waals surface area (Å²) in [7, 11) is 0. The van der Waals surface area contributed by atoms with Crippen molar-refractivity contribution in [3.05, 3.63) is 83.4 Å². The van der Waals surface area contributed by atoms with Gasteiger partial charge in [-0.25, -0.2) is 9.59 Å². The smallest absolute Gasteiger partial charge is 0.343 e. The van der Waals surface area contributed by atoms with Crippen LogP contribution in [0, 0.1) is 17.6 Å². The molecule has 36 heavy (non-hydrogen) atoms. The molecule has 186 valence electrons. The van der Waals surface area contributed by atoms with E-state index in [2.05, 4.69) is 6.92 Å². The van der Waals surface area contributed by atoms with Crippen LogP contribution in [-0.4, -0.2) is 18.5 Å². The highest BCUT2D eigenvalue weighted by molar-refractivity contribution is 8.03. The Hall–Kier alpha value is -3.76. The van der Waals surface area contributed by atoms with Gasteiger partial charge in [0.2, 0.25) is 0 Å². The largest absolute Gasteiger partial charge is 0.494 e. The molecule has 0 spiro atoms. The Bertz CT molecular complexity index is 1200. The molecule has 0 N–H and O–H groups in total. The molecule has 0 aliphatic heterocycles. The van der Waals surface area contributed by atoms with Crippen LogP contribution in [0.1, 0.15) is 65.3 Å². The van der Waals surface area contributed by atoms with Gasteiger partial charge in [-0.2, -0.15) is 5.26 Å². The predicted octanol–water partition coefficient (Wildman–Crippen LogP) is 7.36. The van der Waals surface area contributed by atoms with Crippen molar-refractivity contribution in [1.82, 2.24) is 0 Å². The van der Waals surface area contributed by atoms with Crippen LogP contribution in [0.2, 0.25) is 0 Å². The molecule has 0 aliphatic rings. The molecule has 0 saturated carbocycles. The van der Waals surface area contributed by atoms with Gasteiger partial charge in [0.1, 0.15) is 22.6 Å². The molecule has 3 aromatic rings. The zero-order valence-corrected chi connectivity index (χ0v) is 21.3. The molecule has 0 aromatic heterocycles. The van der Waals surface area contributed by atoms with E-state index in [0.717, 1.165) is 40.8 Å². The van der Waals surface area contributed by atoms with E-state index in [-0.39, 0.29) is 0 Å². The lowest BCUT2D eigenvalue weighted by Gasteiger charge is -2.09. The Morgan fingerprint density at radius 2 is 1.33 bits per heavy atom. The molecule has 0 aliphatic carbocycles. The van der Waals surface area contributed by atoms with Crippen LogP contribution in [-0.2, 0) is 0 Å². The number of unbranched alkanes of at least 4 members (excludes halogenated alkanes) is 4. The Morgan fingerprint density at radius 1 is 0.778 bits per heavy atom. The van der Waals surface area contributed by atoms with E-state index in [4.69, 9.17) is 19.5 Å². The second kappa shape index (κ2) is 14.0. The molecule has 0 bridgehead atoms. The summed E-state index contributed by atoms with van der Waals surface area (Å²) in [5.74, 6) is 0.456. The van der Waals surface area contributed by atoms with Crippen LogP contribution in [0.15, 0.2) is 71.6 Å². The molecule has 0 heterocycles. The number of benzene rings is 3. The van der Waals surface area contributed by atoms with Gasteiger partial charge in [-0.3, -0.25) is 0 Å². The van der Waals surface area contributed by atoms with Crippen molar-refractivity contribution < 1.29 is 23.8 Å². The second-order valence-corrected chi connectivity index (χ2v) is 9.04. The maximum atomic E-state index is 12.5. The number of nitriles is 1. The minimum Gasteiger partial charge on any atom is -0.494 e. The first-order valence-electron chi connectivity index (χ1n) is 11.9. The van der Waals surface area contributed by atoms with Crippen LogP contribution in [0.5, 0.6) is 17.2 Å². The summed E-state index contributed by atoms with van der Waals surface area (Å²) in [5, 5.41) is 10.8.